The molecule has 144 valence electrons. The van der Waals surface area contributed by atoms with Gasteiger partial charge in [-0.2, -0.15) is 0 Å². The molecule has 3 aromatic rings. The molecule has 1 aliphatic heterocycles. The van der Waals surface area contributed by atoms with E-state index in [9.17, 15) is 9.59 Å². The molecular formula is C20H21N5O3. The quantitative estimate of drug-likeness (QED) is 0.735. The van der Waals surface area contributed by atoms with Crippen molar-refractivity contribution in [3.63, 3.8) is 0 Å². The number of benzene rings is 2. The van der Waals surface area contributed by atoms with Crippen LogP contribution in [0.15, 0.2) is 42.6 Å². The number of nitrogens with one attached hydrogen (secondary N) is 1. The second-order valence-electron chi connectivity index (χ2n) is 6.74. The number of anilines is 1. The SMILES string of the molecule is COc1ccc2cccc(NC(=O)c3cn(CC(=O)N4CCCC4)nn3)c2c1. The molecule has 8 heteroatoms. The van der Waals surface area contributed by atoms with Crippen LogP contribution in [0.25, 0.3) is 10.8 Å². The molecule has 0 saturated carbocycles. The molecule has 2 amide bonds. The molecule has 0 atom stereocenters. The van der Waals surface area contributed by atoms with Crippen molar-refractivity contribution < 1.29 is 14.3 Å². The molecule has 1 saturated heterocycles. The van der Waals surface area contributed by atoms with E-state index >= 15 is 0 Å². The molecule has 1 fully saturated rings. The van der Waals surface area contributed by atoms with Gasteiger partial charge in [0.25, 0.3) is 5.91 Å². The second-order valence-corrected chi connectivity index (χ2v) is 6.74. The van der Waals surface area contributed by atoms with E-state index in [0.717, 1.165) is 36.7 Å². The standard InChI is InChI=1S/C20H21N5O3/c1-28-15-8-7-14-5-4-6-17(16(14)11-15)21-20(27)18-12-25(23-22-18)13-19(26)24-9-2-3-10-24/h4-8,11-12H,2-3,9-10,13H2,1H3,(H,21,27). The van der Waals surface area contributed by atoms with Gasteiger partial charge in [-0.1, -0.05) is 23.4 Å². The number of amides is 2. The molecule has 0 spiro atoms. The minimum Gasteiger partial charge on any atom is -0.497 e. The third-order valence-corrected chi connectivity index (χ3v) is 4.86. The number of methoxy groups -OCH3 is 1. The lowest BCUT2D eigenvalue weighted by molar-refractivity contribution is -0.130. The summed E-state index contributed by atoms with van der Waals surface area (Å²) in [5.74, 6) is 0.325. The van der Waals surface area contributed by atoms with Crippen LogP contribution in [0, 0.1) is 0 Å². The van der Waals surface area contributed by atoms with Crippen LogP contribution in [0.5, 0.6) is 5.75 Å². The first kappa shape index (κ1) is 18.0. The predicted octanol–water partition coefficient (Wildman–Crippen LogP) is 2.31. The smallest absolute Gasteiger partial charge is 0.277 e. The first-order valence-electron chi connectivity index (χ1n) is 9.20. The Morgan fingerprint density at radius 3 is 2.79 bits per heavy atom. The van der Waals surface area contributed by atoms with E-state index in [2.05, 4.69) is 15.6 Å². The summed E-state index contributed by atoms with van der Waals surface area (Å²) in [7, 11) is 1.60. The number of fused-ring (bicyclic) bond motifs is 1. The van der Waals surface area contributed by atoms with Gasteiger partial charge < -0.3 is 15.0 Å². The summed E-state index contributed by atoms with van der Waals surface area (Å²) in [6, 6.07) is 11.3. The Labute approximate surface area is 162 Å². The Bertz CT molecular complexity index is 1020. The molecule has 28 heavy (non-hydrogen) atoms. The lowest BCUT2D eigenvalue weighted by Gasteiger charge is -2.14. The summed E-state index contributed by atoms with van der Waals surface area (Å²) in [4.78, 5) is 26.6. The zero-order valence-electron chi connectivity index (χ0n) is 15.6. The molecule has 8 nitrogen and oxygen atoms in total. The van der Waals surface area contributed by atoms with Crippen LogP contribution in [-0.4, -0.2) is 51.9 Å². The van der Waals surface area contributed by atoms with Crippen LogP contribution in [0.3, 0.4) is 0 Å². The zero-order chi connectivity index (χ0) is 19.5. The van der Waals surface area contributed by atoms with Crippen LogP contribution in [-0.2, 0) is 11.3 Å². The zero-order valence-corrected chi connectivity index (χ0v) is 15.6. The minimum atomic E-state index is -0.379. The van der Waals surface area contributed by atoms with E-state index in [4.69, 9.17) is 4.74 Å². The molecule has 2 aromatic carbocycles. The average Bonchev–Trinajstić information content (AvgIpc) is 3.40. The molecule has 0 radical (unpaired) electrons. The van der Waals surface area contributed by atoms with E-state index in [1.807, 2.05) is 41.3 Å². The first-order valence-corrected chi connectivity index (χ1v) is 9.20. The number of hydrogen-bond acceptors (Lipinski definition) is 5. The highest BCUT2D eigenvalue weighted by Crippen LogP contribution is 2.27. The van der Waals surface area contributed by atoms with Crippen LogP contribution in [0.2, 0.25) is 0 Å². The van der Waals surface area contributed by atoms with Crippen molar-refractivity contribution >= 4 is 28.3 Å². The monoisotopic (exact) mass is 379 g/mol. The summed E-state index contributed by atoms with van der Waals surface area (Å²) < 4.78 is 6.68. The Hall–Kier alpha value is -3.42. The van der Waals surface area contributed by atoms with E-state index in [-0.39, 0.29) is 24.1 Å². The fourth-order valence-corrected chi connectivity index (χ4v) is 3.36. The summed E-state index contributed by atoms with van der Waals surface area (Å²) >= 11 is 0. The van der Waals surface area contributed by atoms with Crippen LogP contribution in [0.1, 0.15) is 23.3 Å². The third-order valence-electron chi connectivity index (χ3n) is 4.86. The van der Waals surface area contributed by atoms with Crippen molar-refractivity contribution in [2.75, 3.05) is 25.5 Å². The Kier molecular flexibility index (Phi) is 4.92. The molecule has 2 heterocycles. The number of rotatable bonds is 5. The Morgan fingerprint density at radius 1 is 1.18 bits per heavy atom. The number of ether oxygens (including phenoxy) is 1. The summed E-state index contributed by atoms with van der Waals surface area (Å²) in [5, 5.41) is 12.6. The van der Waals surface area contributed by atoms with Crippen molar-refractivity contribution in [2.24, 2.45) is 0 Å². The summed E-state index contributed by atoms with van der Waals surface area (Å²) in [6.45, 7) is 1.66. The van der Waals surface area contributed by atoms with Crippen LogP contribution in [0.4, 0.5) is 5.69 Å². The van der Waals surface area contributed by atoms with Gasteiger partial charge in [0.05, 0.1) is 13.3 Å². The molecule has 0 bridgehead atoms. The van der Waals surface area contributed by atoms with Gasteiger partial charge in [-0.15, -0.1) is 5.10 Å². The highest BCUT2D eigenvalue weighted by atomic mass is 16.5. The lowest BCUT2D eigenvalue weighted by atomic mass is 10.1. The maximum absolute atomic E-state index is 12.6. The number of hydrogen-bond donors (Lipinski definition) is 1. The first-order chi connectivity index (χ1) is 13.6. The maximum atomic E-state index is 12.6. The van der Waals surface area contributed by atoms with E-state index in [0.29, 0.717) is 11.4 Å². The average molecular weight is 379 g/mol. The highest BCUT2D eigenvalue weighted by Gasteiger charge is 2.19. The van der Waals surface area contributed by atoms with Gasteiger partial charge in [0, 0.05) is 24.2 Å². The van der Waals surface area contributed by atoms with E-state index < -0.39 is 0 Å². The molecule has 0 aliphatic carbocycles. The fourth-order valence-electron chi connectivity index (χ4n) is 3.36. The lowest BCUT2D eigenvalue weighted by Crippen LogP contribution is -2.31. The third kappa shape index (κ3) is 3.66. The van der Waals surface area contributed by atoms with Crippen molar-refractivity contribution in [1.82, 2.24) is 19.9 Å². The molecule has 4 rings (SSSR count). The summed E-state index contributed by atoms with van der Waals surface area (Å²) in [5.41, 5.74) is 0.818. The van der Waals surface area contributed by atoms with Gasteiger partial charge in [0.1, 0.15) is 12.3 Å². The van der Waals surface area contributed by atoms with Crippen molar-refractivity contribution in [1.29, 1.82) is 0 Å². The Balaban J connectivity index is 1.49. The van der Waals surface area contributed by atoms with Gasteiger partial charge in [-0.3, -0.25) is 9.59 Å². The summed E-state index contributed by atoms with van der Waals surface area (Å²) in [6.07, 6.45) is 3.56. The van der Waals surface area contributed by atoms with Crippen LogP contribution < -0.4 is 10.1 Å². The van der Waals surface area contributed by atoms with Crippen molar-refractivity contribution in [3.05, 3.63) is 48.3 Å². The van der Waals surface area contributed by atoms with Crippen LogP contribution >= 0.6 is 0 Å². The molecular weight excluding hydrogens is 358 g/mol. The van der Waals surface area contributed by atoms with Gasteiger partial charge in [-0.05, 0) is 36.4 Å². The molecule has 1 aromatic heterocycles. The maximum Gasteiger partial charge on any atom is 0.277 e. The Morgan fingerprint density at radius 2 is 2.00 bits per heavy atom. The minimum absolute atomic E-state index is 0.00416. The van der Waals surface area contributed by atoms with E-state index in [1.165, 1.54) is 10.9 Å². The number of carbonyl (C=O) groups excluding carboxylic acids is 2. The van der Waals surface area contributed by atoms with Gasteiger partial charge >= 0.3 is 0 Å². The van der Waals surface area contributed by atoms with Gasteiger partial charge in [-0.25, -0.2) is 4.68 Å². The number of aromatic nitrogens is 3. The van der Waals surface area contributed by atoms with Crippen molar-refractivity contribution in [3.8, 4) is 5.75 Å². The highest BCUT2D eigenvalue weighted by molar-refractivity contribution is 6.08. The molecule has 0 unspecified atom stereocenters. The van der Waals surface area contributed by atoms with Crippen molar-refractivity contribution in [2.45, 2.75) is 19.4 Å². The molecule has 1 N–H and O–H groups in total. The number of likely N-dealkylation sites (tertiary alicyclic amines) is 1. The van der Waals surface area contributed by atoms with Gasteiger partial charge in [0.15, 0.2) is 5.69 Å². The predicted molar refractivity (Wildman–Crippen MR) is 104 cm³/mol. The second kappa shape index (κ2) is 7.67. The van der Waals surface area contributed by atoms with Gasteiger partial charge in [0.2, 0.25) is 5.91 Å². The molecule has 1 aliphatic rings. The fraction of sp³-hybridized carbons (Fsp3) is 0.300. The normalized spacial score (nSPS) is 13.7. The number of nitrogens with zero attached hydrogens (tertiary/aromatic N) is 4. The van der Waals surface area contributed by atoms with E-state index in [1.54, 1.807) is 7.11 Å². The topological polar surface area (TPSA) is 89.4 Å². The number of carbonyl (C=O) groups is 2. The largest absolute Gasteiger partial charge is 0.497 e.